The number of hydrogen-bond donors (Lipinski definition) is 1. The van der Waals surface area contributed by atoms with Gasteiger partial charge in [0.2, 0.25) is 16.8 Å². The number of ether oxygens (including phenoxy) is 3. The lowest BCUT2D eigenvalue weighted by Crippen LogP contribution is -2.38. The first-order chi connectivity index (χ1) is 13.5. The Morgan fingerprint density at radius 3 is 2.39 bits per heavy atom. The van der Waals surface area contributed by atoms with Crippen LogP contribution in [0.25, 0.3) is 0 Å². The van der Waals surface area contributed by atoms with E-state index in [0.717, 1.165) is 24.4 Å². The van der Waals surface area contributed by atoms with Gasteiger partial charge in [0, 0.05) is 18.7 Å². The smallest absolute Gasteiger partial charge is 0.240 e. The Hall–Kier alpha value is -2.29. The van der Waals surface area contributed by atoms with E-state index < -0.39 is 10.0 Å². The topological polar surface area (TPSA) is 77.1 Å². The number of fused-ring (bicyclic) bond motifs is 1. The highest BCUT2D eigenvalue weighted by Gasteiger charge is 2.24. The van der Waals surface area contributed by atoms with Crippen molar-refractivity contribution in [1.82, 2.24) is 9.62 Å². The van der Waals surface area contributed by atoms with Gasteiger partial charge in [0.1, 0.15) is 5.75 Å². The molecule has 8 heteroatoms. The van der Waals surface area contributed by atoms with Crippen LogP contribution >= 0.6 is 0 Å². The molecule has 0 spiro atoms. The molecule has 1 atom stereocenters. The van der Waals surface area contributed by atoms with Crippen molar-refractivity contribution in [3.8, 4) is 17.2 Å². The molecule has 1 heterocycles. The van der Waals surface area contributed by atoms with Gasteiger partial charge in [0.05, 0.1) is 12.0 Å². The molecular formula is C20H26N2O5S. The summed E-state index contributed by atoms with van der Waals surface area (Å²) in [6.07, 6.45) is 0. The Labute approximate surface area is 166 Å². The number of sulfonamides is 1. The molecule has 0 fully saturated rings. The van der Waals surface area contributed by atoms with Crippen LogP contribution in [0.4, 0.5) is 0 Å². The van der Waals surface area contributed by atoms with Gasteiger partial charge in [-0.15, -0.1) is 0 Å². The van der Waals surface area contributed by atoms with E-state index in [1.54, 1.807) is 13.2 Å². The number of methoxy groups -OCH3 is 1. The Balaban J connectivity index is 1.80. The summed E-state index contributed by atoms with van der Waals surface area (Å²) in [5.41, 5.74) is 1.03. The first-order valence-corrected chi connectivity index (χ1v) is 10.7. The molecular weight excluding hydrogens is 380 g/mol. The minimum Gasteiger partial charge on any atom is -0.497 e. The Morgan fingerprint density at radius 2 is 1.75 bits per heavy atom. The number of likely N-dealkylation sites (N-methyl/N-ethyl adjacent to an activating group) is 1. The zero-order valence-corrected chi connectivity index (χ0v) is 17.2. The molecule has 0 saturated heterocycles. The van der Waals surface area contributed by atoms with E-state index in [9.17, 15) is 8.42 Å². The Kier molecular flexibility index (Phi) is 6.43. The summed E-state index contributed by atoms with van der Waals surface area (Å²) in [6.45, 7) is 6.09. The molecule has 1 unspecified atom stereocenters. The molecule has 0 radical (unpaired) electrons. The molecule has 1 aliphatic heterocycles. The predicted octanol–water partition coefficient (Wildman–Crippen LogP) is 2.79. The highest BCUT2D eigenvalue weighted by molar-refractivity contribution is 7.89. The number of hydrogen-bond acceptors (Lipinski definition) is 6. The fourth-order valence-corrected chi connectivity index (χ4v) is 4.32. The van der Waals surface area contributed by atoms with Crippen LogP contribution < -0.4 is 18.9 Å². The van der Waals surface area contributed by atoms with Gasteiger partial charge in [-0.25, -0.2) is 13.1 Å². The molecule has 3 rings (SSSR count). The van der Waals surface area contributed by atoms with Crippen molar-refractivity contribution in [3.05, 3.63) is 48.0 Å². The Morgan fingerprint density at radius 1 is 1.07 bits per heavy atom. The SMILES string of the molecule is CCN(CC)C(CNS(=O)(=O)c1ccc2c(c1)OCO2)c1ccc(OC)cc1. The molecule has 1 aliphatic rings. The van der Waals surface area contributed by atoms with E-state index in [4.69, 9.17) is 14.2 Å². The zero-order valence-electron chi connectivity index (χ0n) is 16.3. The van der Waals surface area contributed by atoms with Gasteiger partial charge in [-0.05, 0) is 42.9 Å². The van der Waals surface area contributed by atoms with Crippen LogP contribution in [0.5, 0.6) is 17.2 Å². The molecule has 0 aromatic heterocycles. The maximum Gasteiger partial charge on any atom is 0.240 e. The van der Waals surface area contributed by atoms with Gasteiger partial charge in [0.25, 0.3) is 0 Å². The summed E-state index contributed by atoms with van der Waals surface area (Å²) < 4.78 is 44.1. The molecule has 0 amide bonds. The summed E-state index contributed by atoms with van der Waals surface area (Å²) >= 11 is 0. The van der Waals surface area contributed by atoms with Crippen LogP contribution in [-0.4, -0.2) is 46.9 Å². The van der Waals surface area contributed by atoms with Gasteiger partial charge in [-0.1, -0.05) is 26.0 Å². The second kappa shape index (κ2) is 8.81. The van der Waals surface area contributed by atoms with Crippen molar-refractivity contribution in [1.29, 1.82) is 0 Å². The minimum atomic E-state index is -3.68. The van der Waals surface area contributed by atoms with Crippen molar-refractivity contribution in [2.75, 3.05) is 33.5 Å². The molecule has 2 aromatic carbocycles. The van der Waals surface area contributed by atoms with Crippen molar-refractivity contribution >= 4 is 10.0 Å². The summed E-state index contributed by atoms with van der Waals surface area (Å²) in [5, 5.41) is 0. The van der Waals surface area contributed by atoms with E-state index in [0.29, 0.717) is 11.5 Å². The molecule has 7 nitrogen and oxygen atoms in total. The molecule has 2 aromatic rings. The van der Waals surface area contributed by atoms with Crippen LogP contribution in [0.1, 0.15) is 25.5 Å². The summed E-state index contributed by atoms with van der Waals surface area (Å²) in [7, 11) is -2.06. The maximum absolute atomic E-state index is 12.8. The molecule has 0 bridgehead atoms. The Bertz CT molecular complexity index is 895. The molecule has 0 aliphatic carbocycles. The van der Waals surface area contributed by atoms with Crippen LogP contribution in [0.15, 0.2) is 47.4 Å². The van der Waals surface area contributed by atoms with E-state index in [-0.39, 0.29) is 24.3 Å². The van der Waals surface area contributed by atoms with Gasteiger partial charge in [-0.2, -0.15) is 0 Å². The second-order valence-electron chi connectivity index (χ2n) is 6.38. The molecule has 1 N–H and O–H groups in total. The van der Waals surface area contributed by atoms with E-state index in [1.807, 2.05) is 24.3 Å². The monoisotopic (exact) mass is 406 g/mol. The zero-order chi connectivity index (χ0) is 20.1. The average Bonchev–Trinajstić information content (AvgIpc) is 3.19. The highest BCUT2D eigenvalue weighted by atomic mass is 32.2. The molecule has 152 valence electrons. The van der Waals surface area contributed by atoms with Crippen LogP contribution in [0.2, 0.25) is 0 Å². The van der Waals surface area contributed by atoms with Crippen LogP contribution in [-0.2, 0) is 10.0 Å². The number of nitrogens with one attached hydrogen (secondary N) is 1. The van der Waals surface area contributed by atoms with E-state index in [2.05, 4.69) is 23.5 Å². The van der Waals surface area contributed by atoms with Crippen molar-refractivity contribution < 1.29 is 22.6 Å². The first kappa shape index (κ1) is 20.4. The fourth-order valence-electron chi connectivity index (χ4n) is 3.26. The van der Waals surface area contributed by atoms with Crippen molar-refractivity contribution in [3.63, 3.8) is 0 Å². The lowest BCUT2D eigenvalue weighted by molar-refractivity contribution is 0.174. The number of benzene rings is 2. The van der Waals surface area contributed by atoms with Crippen LogP contribution in [0, 0.1) is 0 Å². The van der Waals surface area contributed by atoms with Gasteiger partial charge < -0.3 is 14.2 Å². The fraction of sp³-hybridized carbons (Fsp3) is 0.400. The molecule has 0 saturated carbocycles. The number of nitrogens with zero attached hydrogens (tertiary/aromatic N) is 1. The number of rotatable bonds is 9. The van der Waals surface area contributed by atoms with Gasteiger partial charge >= 0.3 is 0 Å². The average molecular weight is 407 g/mol. The largest absolute Gasteiger partial charge is 0.497 e. The van der Waals surface area contributed by atoms with Gasteiger partial charge in [-0.3, -0.25) is 4.90 Å². The van der Waals surface area contributed by atoms with Crippen molar-refractivity contribution in [2.24, 2.45) is 0 Å². The highest BCUT2D eigenvalue weighted by Crippen LogP contribution is 2.34. The van der Waals surface area contributed by atoms with Crippen molar-refractivity contribution in [2.45, 2.75) is 24.8 Å². The van der Waals surface area contributed by atoms with Crippen LogP contribution in [0.3, 0.4) is 0 Å². The first-order valence-electron chi connectivity index (χ1n) is 9.25. The third-order valence-electron chi connectivity index (χ3n) is 4.87. The molecule has 28 heavy (non-hydrogen) atoms. The second-order valence-corrected chi connectivity index (χ2v) is 8.14. The third kappa shape index (κ3) is 4.40. The third-order valence-corrected chi connectivity index (χ3v) is 6.30. The minimum absolute atomic E-state index is 0.0929. The van der Waals surface area contributed by atoms with Gasteiger partial charge in [0.15, 0.2) is 11.5 Å². The summed E-state index contributed by atoms with van der Waals surface area (Å²) in [4.78, 5) is 2.37. The quantitative estimate of drug-likeness (QED) is 0.690. The van der Waals surface area contributed by atoms with E-state index in [1.165, 1.54) is 12.1 Å². The maximum atomic E-state index is 12.8. The van der Waals surface area contributed by atoms with E-state index >= 15 is 0 Å². The normalized spacial score (nSPS) is 14.3. The summed E-state index contributed by atoms with van der Waals surface area (Å²) in [6, 6.07) is 12.2. The predicted molar refractivity (Wildman–Crippen MR) is 106 cm³/mol. The summed E-state index contributed by atoms with van der Waals surface area (Å²) in [5.74, 6) is 1.76. The lowest BCUT2D eigenvalue weighted by Gasteiger charge is -2.30. The standard InChI is InChI=1S/C20H26N2O5S/c1-4-22(5-2)18(15-6-8-16(25-3)9-7-15)13-21-28(23,24)17-10-11-19-20(12-17)27-14-26-19/h6-12,18,21H,4-5,13-14H2,1-3H3. The lowest BCUT2D eigenvalue weighted by atomic mass is 10.1.